The Morgan fingerprint density at radius 1 is 1.35 bits per heavy atom. The third-order valence-corrected chi connectivity index (χ3v) is 3.00. The fraction of sp³-hybridized carbons (Fsp3) is 0.286. The lowest BCUT2D eigenvalue weighted by Crippen LogP contribution is -2.18. The summed E-state index contributed by atoms with van der Waals surface area (Å²) in [4.78, 5) is 4.27. The summed E-state index contributed by atoms with van der Waals surface area (Å²) in [5.41, 5.74) is 1.95. The number of ether oxygens (including phenoxy) is 1. The summed E-state index contributed by atoms with van der Waals surface area (Å²) in [6.07, 6.45) is 5.43. The van der Waals surface area contributed by atoms with Crippen LogP contribution in [0.15, 0.2) is 41.2 Å². The molecule has 0 atom stereocenters. The molecular weight excluding hydrogens is 256 g/mol. The first-order valence-electron chi connectivity index (χ1n) is 6.45. The molecule has 0 aliphatic heterocycles. The number of aromatic nitrogens is 3. The van der Waals surface area contributed by atoms with Crippen molar-refractivity contribution in [1.82, 2.24) is 19.9 Å². The molecule has 6 nitrogen and oxygen atoms in total. The lowest BCUT2D eigenvalue weighted by molar-refractivity contribution is 0.198. The van der Waals surface area contributed by atoms with Crippen LogP contribution in [0, 0.1) is 0 Å². The molecule has 1 N–H and O–H groups in total. The third kappa shape index (κ3) is 2.56. The van der Waals surface area contributed by atoms with Gasteiger partial charge in [-0.3, -0.25) is 0 Å². The van der Waals surface area contributed by atoms with Crippen LogP contribution in [0.3, 0.4) is 0 Å². The van der Waals surface area contributed by atoms with Crippen LogP contribution in [-0.4, -0.2) is 34.9 Å². The predicted molar refractivity (Wildman–Crippen MR) is 74.3 cm³/mol. The number of nitrogens with one attached hydrogen (secondary N) is 1. The van der Waals surface area contributed by atoms with Crippen LogP contribution in [0.4, 0.5) is 0 Å². The molecule has 0 saturated heterocycles. The largest absolute Gasteiger partial charge is 0.439 e. The summed E-state index contributed by atoms with van der Waals surface area (Å²) in [6.45, 7) is 2.02. The minimum absolute atomic E-state index is 0.586. The highest BCUT2D eigenvalue weighted by atomic mass is 16.5. The van der Waals surface area contributed by atoms with Gasteiger partial charge in [-0.15, -0.1) is 0 Å². The third-order valence-electron chi connectivity index (χ3n) is 3.00. The Morgan fingerprint density at radius 3 is 3.20 bits per heavy atom. The number of methoxy groups -OCH3 is 1. The zero-order chi connectivity index (χ0) is 13.8. The summed E-state index contributed by atoms with van der Waals surface area (Å²) in [7, 11) is 1.68. The number of hydrogen-bond acceptors (Lipinski definition) is 5. The predicted octanol–water partition coefficient (Wildman–Crippen LogP) is 1.73. The highest BCUT2D eigenvalue weighted by molar-refractivity contribution is 5.76. The van der Waals surface area contributed by atoms with Crippen LogP contribution in [0.1, 0.15) is 5.89 Å². The van der Waals surface area contributed by atoms with E-state index in [2.05, 4.69) is 15.4 Å². The van der Waals surface area contributed by atoms with Crippen molar-refractivity contribution in [2.24, 2.45) is 0 Å². The Bertz CT molecular complexity index is 689. The van der Waals surface area contributed by atoms with E-state index >= 15 is 0 Å². The van der Waals surface area contributed by atoms with Gasteiger partial charge in [0.05, 0.1) is 36.6 Å². The molecule has 6 heteroatoms. The van der Waals surface area contributed by atoms with Crippen molar-refractivity contribution in [2.45, 2.75) is 6.54 Å². The molecule has 0 radical (unpaired) electrons. The molecule has 0 saturated carbocycles. The lowest BCUT2D eigenvalue weighted by atomic mass is 10.2. The number of hydrogen-bond donors (Lipinski definition) is 1. The second-order valence-electron chi connectivity index (χ2n) is 4.38. The monoisotopic (exact) mass is 272 g/mol. The van der Waals surface area contributed by atoms with Gasteiger partial charge >= 0.3 is 0 Å². The summed E-state index contributed by atoms with van der Waals surface area (Å²) in [5, 5.41) is 7.48. The van der Waals surface area contributed by atoms with Gasteiger partial charge in [0.25, 0.3) is 0 Å². The summed E-state index contributed by atoms with van der Waals surface area (Å²) >= 11 is 0. The zero-order valence-corrected chi connectivity index (χ0v) is 11.2. The molecule has 0 aliphatic carbocycles. The average Bonchev–Trinajstić information content (AvgIpc) is 3.10. The van der Waals surface area contributed by atoms with Crippen LogP contribution in [-0.2, 0) is 11.3 Å². The van der Waals surface area contributed by atoms with Crippen molar-refractivity contribution in [1.29, 1.82) is 0 Å². The molecule has 3 heterocycles. The van der Waals surface area contributed by atoms with E-state index in [9.17, 15) is 0 Å². The van der Waals surface area contributed by atoms with Gasteiger partial charge in [0.2, 0.25) is 5.89 Å². The lowest BCUT2D eigenvalue weighted by Gasteiger charge is -1.99. The molecule has 3 rings (SSSR count). The van der Waals surface area contributed by atoms with Crippen molar-refractivity contribution in [3.63, 3.8) is 0 Å². The first-order valence-corrected chi connectivity index (χ1v) is 6.45. The Morgan fingerprint density at radius 2 is 2.30 bits per heavy atom. The molecule has 0 bridgehead atoms. The van der Waals surface area contributed by atoms with Gasteiger partial charge in [0, 0.05) is 19.9 Å². The minimum Gasteiger partial charge on any atom is -0.439 e. The van der Waals surface area contributed by atoms with Crippen molar-refractivity contribution in [3.05, 3.63) is 42.7 Å². The number of oxazole rings is 1. The summed E-state index contributed by atoms with van der Waals surface area (Å²) in [5.74, 6) is 1.39. The highest BCUT2D eigenvalue weighted by Gasteiger charge is 2.11. The van der Waals surface area contributed by atoms with Crippen molar-refractivity contribution < 1.29 is 9.15 Å². The quantitative estimate of drug-likeness (QED) is 0.692. The van der Waals surface area contributed by atoms with E-state index in [1.807, 2.05) is 28.9 Å². The van der Waals surface area contributed by atoms with Crippen molar-refractivity contribution in [2.75, 3.05) is 20.3 Å². The Hall–Kier alpha value is -2.18. The number of nitrogens with zero attached hydrogens (tertiary/aromatic N) is 3. The molecule has 104 valence electrons. The van der Waals surface area contributed by atoms with Gasteiger partial charge in [-0.05, 0) is 12.1 Å². The maximum Gasteiger partial charge on any atom is 0.208 e. The molecule has 0 spiro atoms. The van der Waals surface area contributed by atoms with Gasteiger partial charge in [-0.2, -0.15) is 5.10 Å². The first-order chi connectivity index (χ1) is 9.88. The second kappa shape index (κ2) is 5.85. The van der Waals surface area contributed by atoms with Gasteiger partial charge in [-0.1, -0.05) is 6.07 Å². The normalized spacial score (nSPS) is 11.2. The maximum atomic E-state index is 5.75. The molecular formula is C14H16N4O2. The molecule has 0 amide bonds. The molecule has 0 aromatic carbocycles. The summed E-state index contributed by atoms with van der Waals surface area (Å²) < 4.78 is 12.5. The molecule has 3 aromatic rings. The second-order valence-corrected chi connectivity index (χ2v) is 4.38. The standard InChI is InChI=1S/C14H16N4O2/c1-19-7-5-15-10-14-16-9-13(20-14)11-8-17-18-6-3-2-4-12(11)18/h2-4,6,8-9,15H,5,7,10H2,1H3. The van der Waals surface area contributed by atoms with Gasteiger partial charge in [0.15, 0.2) is 5.76 Å². The molecule has 0 unspecified atom stereocenters. The van der Waals surface area contributed by atoms with E-state index in [0.29, 0.717) is 19.0 Å². The topological polar surface area (TPSA) is 64.6 Å². The van der Waals surface area contributed by atoms with E-state index in [-0.39, 0.29) is 0 Å². The van der Waals surface area contributed by atoms with E-state index in [4.69, 9.17) is 9.15 Å². The van der Waals surface area contributed by atoms with Crippen molar-refractivity contribution in [3.8, 4) is 11.3 Å². The van der Waals surface area contributed by atoms with Gasteiger partial charge in [-0.25, -0.2) is 9.50 Å². The maximum absolute atomic E-state index is 5.75. The molecule has 20 heavy (non-hydrogen) atoms. The van der Waals surface area contributed by atoms with Crippen LogP contribution in [0.5, 0.6) is 0 Å². The van der Waals surface area contributed by atoms with Gasteiger partial charge in [0.1, 0.15) is 0 Å². The van der Waals surface area contributed by atoms with E-state index in [1.54, 1.807) is 19.5 Å². The highest BCUT2D eigenvalue weighted by Crippen LogP contribution is 2.24. The van der Waals surface area contributed by atoms with Crippen LogP contribution in [0.25, 0.3) is 16.8 Å². The smallest absolute Gasteiger partial charge is 0.208 e. The van der Waals surface area contributed by atoms with Gasteiger partial charge < -0.3 is 14.5 Å². The zero-order valence-electron chi connectivity index (χ0n) is 11.2. The van der Waals surface area contributed by atoms with Crippen LogP contribution < -0.4 is 5.32 Å². The SMILES string of the molecule is COCCNCc1ncc(-c2cnn3ccccc23)o1. The first kappa shape index (κ1) is 12.8. The Balaban J connectivity index is 1.76. The Kier molecular flexibility index (Phi) is 3.76. The summed E-state index contributed by atoms with van der Waals surface area (Å²) in [6, 6.07) is 5.92. The molecule has 3 aromatic heterocycles. The molecule has 0 fully saturated rings. The fourth-order valence-electron chi connectivity index (χ4n) is 2.01. The average molecular weight is 272 g/mol. The number of pyridine rings is 1. The molecule has 0 aliphatic rings. The van der Waals surface area contributed by atoms with Crippen molar-refractivity contribution >= 4 is 5.52 Å². The minimum atomic E-state index is 0.586. The Labute approximate surface area is 116 Å². The fourth-order valence-corrected chi connectivity index (χ4v) is 2.01. The van der Waals surface area contributed by atoms with Crippen LogP contribution in [0.2, 0.25) is 0 Å². The number of rotatable bonds is 6. The van der Waals surface area contributed by atoms with E-state index in [0.717, 1.165) is 23.4 Å². The van der Waals surface area contributed by atoms with Crippen LogP contribution >= 0.6 is 0 Å². The van der Waals surface area contributed by atoms with E-state index < -0.39 is 0 Å². The van der Waals surface area contributed by atoms with E-state index in [1.165, 1.54) is 0 Å². The number of fused-ring (bicyclic) bond motifs is 1.